The molecular weight excluding hydrogens is 232 g/mol. The lowest BCUT2D eigenvalue weighted by Gasteiger charge is -2.17. The van der Waals surface area contributed by atoms with E-state index in [2.05, 4.69) is 6.92 Å². The van der Waals surface area contributed by atoms with Gasteiger partial charge in [-0.05, 0) is 25.0 Å². The maximum absolute atomic E-state index is 12.1. The van der Waals surface area contributed by atoms with Gasteiger partial charge in [0.1, 0.15) is 5.69 Å². The summed E-state index contributed by atoms with van der Waals surface area (Å²) in [7, 11) is 1.70. The summed E-state index contributed by atoms with van der Waals surface area (Å²) in [5.74, 6) is -0.885. The Morgan fingerprint density at radius 3 is 2.78 bits per heavy atom. The number of carboxylic acid groups (broad SMARTS) is 1. The molecule has 1 aromatic heterocycles. The molecule has 0 fully saturated rings. The van der Waals surface area contributed by atoms with Crippen LogP contribution in [0.2, 0.25) is 0 Å². The molecular formula is C13H20N2O3. The van der Waals surface area contributed by atoms with Crippen LogP contribution in [0.1, 0.15) is 36.7 Å². The molecule has 1 rings (SSSR count). The molecule has 0 radical (unpaired) electrons. The first-order valence-electron chi connectivity index (χ1n) is 6.18. The molecule has 1 amide bonds. The van der Waals surface area contributed by atoms with Gasteiger partial charge < -0.3 is 14.6 Å². The molecule has 18 heavy (non-hydrogen) atoms. The summed E-state index contributed by atoms with van der Waals surface area (Å²) in [4.78, 5) is 24.1. The van der Waals surface area contributed by atoms with Crippen molar-refractivity contribution in [3.8, 4) is 0 Å². The molecule has 1 aromatic rings. The average molecular weight is 252 g/mol. The molecule has 0 aliphatic carbocycles. The number of nitrogens with zero attached hydrogens (tertiary/aromatic N) is 2. The predicted octanol–water partition coefficient (Wildman–Crippen LogP) is 1.83. The molecule has 0 saturated carbocycles. The molecule has 1 heterocycles. The topological polar surface area (TPSA) is 62.5 Å². The molecule has 1 N–H and O–H groups in total. The van der Waals surface area contributed by atoms with Gasteiger partial charge in [-0.25, -0.2) is 0 Å². The highest BCUT2D eigenvalue weighted by Gasteiger charge is 2.15. The number of hydrogen-bond donors (Lipinski definition) is 1. The van der Waals surface area contributed by atoms with E-state index in [1.807, 2.05) is 16.8 Å². The van der Waals surface area contributed by atoms with E-state index < -0.39 is 5.97 Å². The van der Waals surface area contributed by atoms with Crippen molar-refractivity contribution in [1.29, 1.82) is 0 Å². The first-order valence-corrected chi connectivity index (χ1v) is 6.18. The number of aromatic nitrogens is 1. The normalized spacial score (nSPS) is 10.3. The molecule has 0 aliphatic heterocycles. The van der Waals surface area contributed by atoms with Crippen molar-refractivity contribution in [2.75, 3.05) is 13.6 Å². The number of carboxylic acids is 1. The van der Waals surface area contributed by atoms with E-state index in [9.17, 15) is 9.59 Å². The second-order valence-electron chi connectivity index (χ2n) is 4.31. The zero-order chi connectivity index (χ0) is 13.5. The predicted molar refractivity (Wildman–Crippen MR) is 68.6 cm³/mol. The summed E-state index contributed by atoms with van der Waals surface area (Å²) in [6.07, 6.45) is 3.43. The van der Waals surface area contributed by atoms with E-state index in [0.29, 0.717) is 18.7 Å². The number of aliphatic carboxylic acids is 1. The first-order chi connectivity index (χ1) is 8.56. The Labute approximate surface area is 107 Å². The zero-order valence-corrected chi connectivity index (χ0v) is 10.9. The Balaban J connectivity index is 2.57. The van der Waals surface area contributed by atoms with Crippen LogP contribution in [-0.2, 0) is 11.3 Å². The van der Waals surface area contributed by atoms with Crippen molar-refractivity contribution in [2.45, 2.75) is 32.7 Å². The lowest BCUT2D eigenvalue weighted by molar-refractivity contribution is -0.137. The van der Waals surface area contributed by atoms with Crippen LogP contribution in [-0.4, -0.2) is 40.0 Å². The number of carbonyl (C=O) groups excluding carboxylic acids is 1. The SMILES string of the molecule is CCCn1cccc1C(=O)N(C)CCCC(=O)O. The van der Waals surface area contributed by atoms with Gasteiger partial charge >= 0.3 is 5.97 Å². The van der Waals surface area contributed by atoms with Crippen molar-refractivity contribution in [3.63, 3.8) is 0 Å². The van der Waals surface area contributed by atoms with Crippen molar-refractivity contribution in [1.82, 2.24) is 9.47 Å². The third kappa shape index (κ3) is 3.91. The lowest BCUT2D eigenvalue weighted by Crippen LogP contribution is -2.29. The van der Waals surface area contributed by atoms with Crippen LogP contribution in [0, 0.1) is 0 Å². The first kappa shape index (κ1) is 14.3. The van der Waals surface area contributed by atoms with Crippen LogP contribution in [0.5, 0.6) is 0 Å². The Morgan fingerprint density at radius 1 is 1.44 bits per heavy atom. The molecule has 5 nitrogen and oxygen atoms in total. The van der Waals surface area contributed by atoms with Gasteiger partial charge in [0, 0.05) is 32.8 Å². The van der Waals surface area contributed by atoms with E-state index in [1.54, 1.807) is 18.0 Å². The minimum absolute atomic E-state index is 0.0566. The van der Waals surface area contributed by atoms with Crippen LogP contribution in [0.25, 0.3) is 0 Å². The number of hydrogen-bond acceptors (Lipinski definition) is 2. The van der Waals surface area contributed by atoms with Crippen LogP contribution >= 0.6 is 0 Å². The quantitative estimate of drug-likeness (QED) is 0.805. The van der Waals surface area contributed by atoms with Gasteiger partial charge in [-0.2, -0.15) is 0 Å². The van der Waals surface area contributed by atoms with Gasteiger partial charge in [-0.15, -0.1) is 0 Å². The van der Waals surface area contributed by atoms with Crippen molar-refractivity contribution >= 4 is 11.9 Å². The van der Waals surface area contributed by atoms with Crippen molar-refractivity contribution in [2.24, 2.45) is 0 Å². The van der Waals surface area contributed by atoms with Crippen LogP contribution in [0.15, 0.2) is 18.3 Å². The second-order valence-corrected chi connectivity index (χ2v) is 4.31. The summed E-state index contributed by atoms with van der Waals surface area (Å²) < 4.78 is 1.93. The third-order valence-electron chi connectivity index (χ3n) is 2.74. The van der Waals surface area contributed by atoms with Gasteiger partial charge in [0.2, 0.25) is 0 Å². The van der Waals surface area contributed by atoms with E-state index in [1.165, 1.54) is 0 Å². The molecule has 0 aliphatic rings. The molecule has 0 atom stereocenters. The van der Waals surface area contributed by atoms with E-state index in [4.69, 9.17) is 5.11 Å². The monoisotopic (exact) mass is 252 g/mol. The van der Waals surface area contributed by atoms with E-state index in [0.717, 1.165) is 13.0 Å². The fourth-order valence-corrected chi connectivity index (χ4v) is 1.81. The number of amides is 1. The summed E-state index contributed by atoms with van der Waals surface area (Å²) in [6.45, 7) is 3.34. The molecule has 0 aromatic carbocycles. The summed E-state index contributed by atoms with van der Waals surface area (Å²) >= 11 is 0. The fourth-order valence-electron chi connectivity index (χ4n) is 1.81. The van der Waals surface area contributed by atoms with Gasteiger partial charge in [0.15, 0.2) is 0 Å². The summed E-state index contributed by atoms with van der Waals surface area (Å²) in [5.41, 5.74) is 0.662. The molecule has 0 saturated heterocycles. The Hall–Kier alpha value is -1.78. The van der Waals surface area contributed by atoms with Gasteiger partial charge in [-0.3, -0.25) is 9.59 Å². The van der Waals surface area contributed by atoms with E-state index >= 15 is 0 Å². The smallest absolute Gasteiger partial charge is 0.303 e. The van der Waals surface area contributed by atoms with Crippen LogP contribution in [0.4, 0.5) is 0 Å². The maximum atomic E-state index is 12.1. The summed E-state index contributed by atoms with van der Waals surface area (Å²) in [5, 5.41) is 8.56. The average Bonchev–Trinajstić information content (AvgIpc) is 2.76. The highest BCUT2D eigenvalue weighted by atomic mass is 16.4. The van der Waals surface area contributed by atoms with Crippen LogP contribution < -0.4 is 0 Å². The number of carbonyl (C=O) groups is 2. The molecule has 100 valence electrons. The lowest BCUT2D eigenvalue weighted by atomic mass is 10.3. The second kappa shape index (κ2) is 6.83. The molecule has 0 bridgehead atoms. The number of rotatable bonds is 7. The van der Waals surface area contributed by atoms with E-state index in [-0.39, 0.29) is 12.3 Å². The van der Waals surface area contributed by atoms with Gasteiger partial charge in [0.05, 0.1) is 0 Å². The highest BCUT2D eigenvalue weighted by Crippen LogP contribution is 2.07. The Kier molecular flexibility index (Phi) is 5.42. The molecule has 0 unspecified atom stereocenters. The molecule has 5 heteroatoms. The number of aryl methyl sites for hydroxylation is 1. The Bertz CT molecular complexity index is 412. The fraction of sp³-hybridized carbons (Fsp3) is 0.538. The minimum Gasteiger partial charge on any atom is -0.481 e. The summed E-state index contributed by atoms with van der Waals surface area (Å²) in [6, 6.07) is 3.65. The van der Waals surface area contributed by atoms with Crippen LogP contribution in [0.3, 0.4) is 0 Å². The van der Waals surface area contributed by atoms with Crippen molar-refractivity contribution < 1.29 is 14.7 Å². The standard InChI is InChI=1S/C13H20N2O3/c1-3-8-15-10-4-6-11(15)13(18)14(2)9-5-7-12(16)17/h4,6,10H,3,5,7-9H2,1-2H3,(H,16,17). The maximum Gasteiger partial charge on any atom is 0.303 e. The Morgan fingerprint density at radius 2 is 2.17 bits per heavy atom. The van der Waals surface area contributed by atoms with Crippen molar-refractivity contribution in [3.05, 3.63) is 24.0 Å². The largest absolute Gasteiger partial charge is 0.481 e. The molecule has 0 spiro atoms. The van der Waals surface area contributed by atoms with Gasteiger partial charge in [-0.1, -0.05) is 6.92 Å². The zero-order valence-electron chi connectivity index (χ0n) is 10.9. The minimum atomic E-state index is -0.829. The van der Waals surface area contributed by atoms with Gasteiger partial charge in [0.25, 0.3) is 5.91 Å². The highest BCUT2D eigenvalue weighted by molar-refractivity contribution is 5.92. The third-order valence-corrected chi connectivity index (χ3v) is 2.74.